The molecular formula is C11H13ClO4. The van der Waals surface area contributed by atoms with Crippen molar-refractivity contribution in [2.45, 2.75) is 19.4 Å². The van der Waals surface area contributed by atoms with E-state index in [-0.39, 0.29) is 22.8 Å². The number of ether oxygens (including phenoxy) is 1. The standard InChI is InChI=1S/C11H13ClO4/c1-6(13)3-7-4-10(14)9(12)5-8(7)11(15)16-2/h4-6,13-14H,3H2,1-2H3. The second-order valence-corrected chi connectivity index (χ2v) is 3.91. The number of phenols is 1. The van der Waals surface area contributed by atoms with Crippen molar-refractivity contribution in [1.29, 1.82) is 0 Å². The van der Waals surface area contributed by atoms with Crippen LogP contribution in [0.25, 0.3) is 0 Å². The first-order valence-corrected chi connectivity index (χ1v) is 5.11. The fourth-order valence-electron chi connectivity index (χ4n) is 1.39. The van der Waals surface area contributed by atoms with Gasteiger partial charge in [0.1, 0.15) is 5.75 Å². The Morgan fingerprint density at radius 3 is 2.69 bits per heavy atom. The zero-order chi connectivity index (χ0) is 12.3. The van der Waals surface area contributed by atoms with Gasteiger partial charge in [0.15, 0.2) is 0 Å². The predicted molar refractivity (Wildman–Crippen MR) is 59.8 cm³/mol. The minimum Gasteiger partial charge on any atom is -0.506 e. The van der Waals surface area contributed by atoms with Crippen LogP contribution < -0.4 is 0 Å². The number of esters is 1. The van der Waals surface area contributed by atoms with Crippen LogP contribution in [0.3, 0.4) is 0 Å². The number of aliphatic hydroxyl groups excluding tert-OH is 1. The normalized spacial score (nSPS) is 12.2. The average Bonchev–Trinajstić information content (AvgIpc) is 2.21. The summed E-state index contributed by atoms with van der Waals surface area (Å²) in [6.07, 6.45) is -0.376. The van der Waals surface area contributed by atoms with Crippen molar-refractivity contribution in [2.24, 2.45) is 0 Å². The predicted octanol–water partition coefficient (Wildman–Crippen LogP) is 1.76. The number of aliphatic hydroxyl groups is 1. The fourth-order valence-corrected chi connectivity index (χ4v) is 1.56. The largest absolute Gasteiger partial charge is 0.506 e. The lowest BCUT2D eigenvalue weighted by Gasteiger charge is -2.11. The van der Waals surface area contributed by atoms with Crippen LogP contribution in [0.2, 0.25) is 5.02 Å². The Morgan fingerprint density at radius 1 is 1.56 bits per heavy atom. The number of carbonyl (C=O) groups is 1. The summed E-state index contributed by atoms with van der Waals surface area (Å²) in [5.74, 6) is -0.664. The van der Waals surface area contributed by atoms with Gasteiger partial charge < -0.3 is 14.9 Å². The molecule has 0 fully saturated rings. The van der Waals surface area contributed by atoms with Crippen molar-refractivity contribution in [3.8, 4) is 5.75 Å². The smallest absolute Gasteiger partial charge is 0.338 e. The van der Waals surface area contributed by atoms with Gasteiger partial charge in [0.25, 0.3) is 0 Å². The highest BCUT2D eigenvalue weighted by molar-refractivity contribution is 6.32. The van der Waals surface area contributed by atoms with Gasteiger partial charge in [-0.05, 0) is 31.0 Å². The van der Waals surface area contributed by atoms with Crippen LogP contribution in [0.5, 0.6) is 5.75 Å². The van der Waals surface area contributed by atoms with Crippen molar-refractivity contribution in [1.82, 2.24) is 0 Å². The van der Waals surface area contributed by atoms with Crippen molar-refractivity contribution >= 4 is 17.6 Å². The summed E-state index contributed by atoms with van der Waals surface area (Å²) in [7, 11) is 1.26. The molecule has 1 aromatic carbocycles. The third kappa shape index (κ3) is 2.87. The molecule has 0 aromatic heterocycles. The molecule has 0 aliphatic carbocycles. The number of hydrogen-bond acceptors (Lipinski definition) is 4. The highest BCUT2D eigenvalue weighted by Crippen LogP contribution is 2.28. The second-order valence-electron chi connectivity index (χ2n) is 3.51. The fraction of sp³-hybridized carbons (Fsp3) is 0.364. The molecule has 0 bridgehead atoms. The molecule has 1 unspecified atom stereocenters. The van der Waals surface area contributed by atoms with E-state index in [4.69, 9.17) is 11.6 Å². The maximum absolute atomic E-state index is 11.4. The Hall–Kier alpha value is -1.26. The molecule has 88 valence electrons. The zero-order valence-corrected chi connectivity index (χ0v) is 9.78. The molecule has 0 aliphatic heterocycles. The summed E-state index contributed by atoms with van der Waals surface area (Å²) >= 11 is 5.70. The summed E-state index contributed by atoms with van der Waals surface area (Å²) < 4.78 is 4.59. The van der Waals surface area contributed by atoms with E-state index in [9.17, 15) is 15.0 Å². The molecule has 1 rings (SSSR count). The third-order valence-electron chi connectivity index (χ3n) is 2.09. The van der Waals surface area contributed by atoms with Gasteiger partial charge >= 0.3 is 5.97 Å². The van der Waals surface area contributed by atoms with E-state index in [1.165, 1.54) is 19.2 Å². The number of rotatable bonds is 3. The van der Waals surface area contributed by atoms with Gasteiger partial charge in [0, 0.05) is 0 Å². The number of phenolic OH excluding ortho intramolecular Hbond substituents is 1. The first kappa shape index (κ1) is 12.8. The third-order valence-corrected chi connectivity index (χ3v) is 2.40. The molecule has 2 N–H and O–H groups in total. The number of halogens is 1. The molecule has 0 heterocycles. The van der Waals surface area contributed by atoms with Gasteiger partial charge in [-0.25, -0.2) is 4.79 Å². The summed E-state index contributed by atoms with van der Waals surface area (Å²) in [6, 6.07) is 2.70. The molecule has 0 radical (unpaired) electrons. The van der Waals surface area contributed by atoms with E-state index in [1.54, 1.807) is 6.92 Å². The lowest BCUT2D eigenvalue weighted by atomic mass is 10.0. The highest BCUT2D eigenvalue weighted by atomic mass is 35.5. The maximum atomic E-state index is 11.4. The lowest BCUT2D eigenvalue weighted by molar-refractivity contribution is 0.0599. The molecule has 0 amide bonds. The van der Waals surface area contributed by atoms with Crippen LogP contribution in [0.4, 0.5) is 0 Å². The van der Waals surface area contributed by atoms with E-state index in [0.717, 1.165) is 0 Å². The van der Waals surface area contributed by atoms with E-state index in [1.807, 2.05) is 0 Å². The topological polar surface area (TPSA) is 66.8 Å². The Labute approximate surface area is 98.4 Å². The Balaban J connectivity index is 3.21. The van der Waals surface area contributed by atoms with E-state index < -0.39 is 12.1 Å². The van der Waals surface area contributed by atoms with Crippen LogP contribution in [0.1, 0.15) is 22.8 Å². The van der Waals surface area contributed by atoms with Gasteiger partial charge in [-0.3, -0.25) is 0 Å². The minimum atomic E-state index is -0.621. The summed E-state index contributed by atoms with van der Waals surface area (Å²) in [6.45, 7) is 1.59. The summed E-state index contributed by atoms with van der Waals surface area (Å²) in [4.78, 5) is 11.4. The average molecular weight is 245 g/mol. The lowest BCUT2D eigenvalue weighted by Crippen LogP contribution is -2.11. The van der Waals surface area contributed by atoms with Gasteiger partial charge in [0.2, 0.25) is 0 Å². The van der Waals surface area contributed by atoms with E-state index in [2.05, 4.69) is 4.74 Å². The number of methoxy groups -OCH3 is 1. The van der Waals surface area contributed by atoms with Crippen LogP contribution in [-0.2, 0) is 11.2 Å². The minimum absolute atomic E-state index is 0.0785. The highest BCUT2D eigenvalue weighted by Gasteiger charge is 2.16. The maximum Gasteiger partial charge on any atom is 0.338 e. The number of aromatic hydroxyl groups is 1. The van der Waals surface area contributed by atoms with E-state index in [0.29, 0.717) is 5.56 Å². The first-order chi connectivity index (χ1) is 7.45. The molecule has 4 nitrogen and oxygen atoms in total. The van der Waals surface area contributed by atoms with Crippen LogP contribution in [0.15, 0.2) is 12.1 Å². The number of hydrogen-bond donors (Lipinski definition) is 2. The Bertz CT molecular complexity index is 401. The Kier molecular flexibility index (Phi) is 4.15. The monoisotopic (exact) mass is 244 g/mol. The van der Waals surface area contributed by atoms with Gasteiger partial charge in [-0.2, -0.15) is 0 Å². The first-order valence-electron chi connectivity index (χ1n) is 4.73. The summed E-state index contributed by atoms with van der Waals surface area (Å²) in [5.41, 5.74) is 0.759. The quantitative estimate of drug-likeness (QED) is 0.795. The van der Waals surface area contributed by atoms with Crippen LogP contribution in [-0.4, -0.2) is 29.4 Å². The molecular weight excluding hydrogens is 232 g/mol. The number of benzene rings is 1. The van der Waals surface area contributed by atoms with Gasteiger partial charge in [-0.15, -0.1) is 0 Å². The molecule has 0 aliphatic rings. The number of carbonyl (C=O) groups excluding carboxylic acids is 1. The van der Waals surface area contributed by atoms with Gasteiger partial charge in [-0.1, -0.05) is 11.6 Å². The van der Waals surface area contributed by atoms with Crippen molar-refractivity contribution in [2.75, 3.05) is 7.11 Å². The molecule has 16 heavy (non-hydrogen) atoms. The molecule has 1 atom stereocenters. The van der Waals surface area contributed by atoms with Crippen molar-refractivity contribution in [3.63, 3.8) is 0 Å². The van der Waals surface area contributed by atoms with Crippen molar-refractivity contribution in [3.05, 3.63) is 28.3 Å². The molecule has 0 spiro atoms. The van der Waals surface area contributed by atoms with Crippen LogP contribution >= 0.6 is 11.6 Å². The Morgan fingerprint density at radius 2 is 2.19 bits per heavy atom. The SMILES string of the molecule is COC(=O)c1cc(Cl)c(O)cc1CC(C)O. The second kappa shape index (κ2) is 5.18. The molecule has 5 heteroatoms. The van der Waals surface area contributed by atoms with Gasteiger partial charge in [0.05, 0.1) is 23.8 Å². The summed E-state index contributed by atoms with van der Waals surface area (Å²) in [5, 5.41) is 18.8. The molecule has 0 saturated heterocycles. The van der Waals surface area contributed by atoms with E-state index >= 15 is 0 Å². The van der Waals surface area contributed by atoms with Crippen LogP contribution in [0, 0.1) is 0 Å². The zero-order valence-electron chi connectivity index (χ0n) is 9.03. The molecule has 0 saturated carbocycles. The molecule has 1 aromatic rings. The van der Waals surface area contributed by atoms with Crippen molar-refractivity contribution < 1.29 is 19.7 Å².